The van der Waals surface area contributed by atoms with Crippen molar-refractivity contribution < 1.29 is 14.3 Å². The molecule has 0 saturated heterocycles. The largest absolute Gasteiger partial charge is 0.468 e. The van der Waals surface area contributed by atoms with Gasteiger partial charge in [0.25, 0.3) is 0 Å². The normalized spacial score (nSPS) is 14.2. The predicted octanol–water partition coefficient (Wildman–Crippen LogP) is -0.00580. The third kappa shape index (κ3) is 4.70. The molecule has 1 fully saturated rings. The van der Waals surface area contributed by atoms with Crippen LogP contribution in [0.3, 0.4) is 0 Å². The van der Waals surface area contributed by atoms with E-state index in [0.717, 1.165) is 12.5 Å². The number of methoxy groups -OCH3 is 1. The van der Waals surface area contributed by atoms with Crippen LogP contribution < -0.4 is 10.6 Å². The number of carbonyl (C=O) groups is 2. The molecule has 2 rings (SSSR count). The topological polar surface area (TPSA) is 85.2 Å². The number of amides is 1. The highest BCUT2D eigenvalue weighted by Crippen LogP contribution is 2.27. The van der Waals surface area contributed by atoms with E-state index in [1.165, 1.54) is 24.6 Å². The Labute approximate surface area is 111 Å². The minimum Gasteiger partial charge on any atom is -0.468 e. The van der Waals surface area contributed by atoms with Gasteiger partial charge in [0.05, 0.1) is 13.7 Å². The quantitative estimate of drug-likeness (QED) is 0.678. The molecular formula is C12H18N4O3. The lowest BCUT2D eigenvalue weighted by molar-refractivity contribution is -0.141. The first kappa shape index (κ1) is 13.5. The van der Waals surface area contributed by atoms with Crippen molar-refractivity contribution in [2.75, 3.05) is 25.5 Å². The van der Waals surface area contributed by atoms with Crippen LogP contribution in [0.15, 0.2) is 12.3 Å². The monoisotopic (exact) mass is 266 g/mol. The smallest absolute Gasteiger partial charge is 0.327 e. The van der Waals surface area contributed by atoms with Gasteiger partial charge in [-0.05, 0) is 25.3 Å². The second-order valence-electron chi connectivity index (χ2n) is 4.60. The zero-order chi connectivity index (χ0) is 13.7. The number of nitrogens with zero attached hydrogens (tertiary/aromatic N) is 2. The van der Waals surface area contributed by atoms with Crippen LogP contribution in [0.2, 0.25) is 0 Å². The number of aromatic nitrogens is 2. The van der Waals surface area contributed by atoms with Crippen molar-refractivity contribution in [2.24, 2.45) is 5.92 Å². The number of hydrogen-bond donors (Lipinski definition) is 2. The first-order valence-electron chi connectivity index (χ1n) is 6.28. The second kappa shape index (κ2) is 6.33. The summed E-state index contributed by atoms with van der Waals surface area (Å²) in [6.45, 7) is 1.21. The Balaban J connectivity index is 1.71. The Morgan fingerprint density at radius 3 is 3.00 bits per heavy atom. The van der Waals surface area contributed by atoms with E-state index >= 15 is 0 Å². The van der Waals surface area contributed by atoms with E-state index in [0.29, 0.717) is 5.82 Å². The minimum absolute atomic E-state index is 0.0340. The van der Waals surface area contributed by atoms with Gasteiger partial charge < -0.3 is 15.4 Å². The second-order valence-corrected chi connectivity index (χ2v) is 4.60. The van der Waals surface area contributed by atoms with Crippen LogP contribution in [0.5, 0.6) is 0 Å². The molecule has 1 aromatic rings. The van der Waals surface area contributed by atoms with E-state index in [2.05, 4.69) is 20.5 Å². The number of rotatable bonds is 7. The first-order chi connectivity index (χ1) is 9.17. The molecule has 0 aliphatic heterocycles. The molecule has 7 nitrogen and oxygen atoms in total. The number of nitrogens with one attached hydrogen (secondary N) is 2. The molecule has 0 unspecified atom stereocenters. The van der Waals surface area contributed by atoms with Crippen molar-refractivity contribution >= 4 is 17.7 Å². The molecule has 2 N–H and O–H groups in total. The zero-order valence-corrected chi connectivity index (χ0v) is 10.9. The first-order valence-corrected chi connectivity index (χ1v) is 6.28. The fourth-order valence-corrected chi connectivity index (χ4v) is 1.61. The van der Waals surface area contributed by atoms with E-state index in [9.17, 15) is 9.59 Å². The Morgan fingerprint density at radius 2 is 2.32 bits per heavy atom. The molecule has 0 radical (unpaired) electrons. The molecule has 1 aliphatic rings. The molecule has 19 heavy (non-hydrogen) atoms. The van der Waals surface area contributed by atoms with E-state index in [1.54, 1.807) is 12.3 Å². The summed E-state index contributed by atoms with van der Waals surface area (Å²) < 4.78 is 5.94. The Hall–Kier alpha value is -1.89. The standard InChI is InChI=1S/C12H18N4O3/c1-19-12(18)8-16-5-4-10(15-16)14-11(17)7-13-6-9-2-3-9/h4-5,9,13H,2-3,6-8H2,1H3,(H,14,15,17). The lowest BCUT2D eigenvalue weighted by Crippen LogP contribution is -2.29. The van der Waals surface area contributed by atoms with E-state index in [1.807, 2.05) is 0 Å². The molecular weight excluding hydrogens is 248 g/mol. The molecule has 0 atom stereocenters. The van der Waals surface area contributed by atoms with Crippen LogP contribution in [0.1, 0.15) is 12.8 Å². The lowest BCUT2D eigenvalue weighted by Gasteiger charge is -2.03. The van der Waals surface area contributed by atoms with Crippen LogP contribution in [0.25, 0.3) is 0 Å². The summed E-state index contributed by atoms with van der Waals surface area (Å²) in [6.07, 6.45) is 4.13. The summed E-state index contributed by atoms with van der Waals surface area (Å²) in [6, 6.07) is 1.64. The van der Waals surface area contributed by atoms with E-state index in [4.69, 9.17) is 0 Å². The van der Waals surface area contributed by atoms with E-state index < -0.39 is 0 Å². The van der Waals surface area contributed by atoms with Gasteiger partial charge in [-0.15, -0.1) is 0 Å². The highest BCUT2D eigenvalue weighted by atomic mass is 16.5. The van der Waals surface area contributed by atoms with Crippen molar-refractivity contribution in [3.05, 3.63) is 12.3 Å². The van der Waals surface area contributed by atoms with Crippen molar-refractivity contribution in [2.45, 2.75) is 19.4 Å². The fourth-order valence-electron chi connectivity index (χ4n) is 1.61. The third-order valence-corrected chi connectivity index (χ3v) is 2.84. The number of anilines is 1. The zero-order valence-electron chi connectivity index (χ0n) is 10.9. The van der Waals surface area contributed by atoms with Gasteiger partial charge in [-0.1, -0.05) is 0 Å². The maximum atomic E-state index is 11.6. The van der Waals surface area contributed by atoms with Gasteiger partial charge in [0.1, 0.15) is 6.54 Å². The average molecular weight is 266 g/mol. The van der Waals surface area contributed by atoms with Crippen LogP contribution in [0, 0.1) is 5.92 Å². The van der Waals surface area contributed by atoms with Gasteiger partial charge in [-0.3, -0.25) is 14.3 Å². The number of ether oxygens (including phenoxy) is 1. The highest BCUT2D eigenvalue weighted by molar-refractivity contribution is 5.91. The highest BCUT2D eigenvalue weighted by Gasteiger charge is 2.20. The molecule has 1 aromatic heterocycles. The summed E-state index contributed by atoms with van der Waals surface area (Å²) in [5.41, 5.74) is 0. The van der Waals surface area contributed by atoms with Crippen LogP contribution in [0.4, 0.5) is 5.82 Å². The van der Waals surface area contributed by atoms with Crippen molar-refractivity contribution in [3.63, 3.8) is 0 Å². The lowest BCUT2D eigenvalue weighted by atomic mass is 10.4. The van der Waals surface area contributed by atoms with Crippen LogP contribution >= 0.6 is 0 Å². The fraction of sp³-hybridized carbons (Fsp3) is 0.583. The number of esters is 1. The third-order valence-electron chi connectivity index (χ3n) is 2.84. The van der Waals surface area contributed by atoms with Crippen LogP contribution in [-0.4, -0.2) is 41.9 Å². The number of carbonyl (C=O) groups excluding carboxylic acids is 2. The molecule has 7 heteroatoms. The van der Waals surface area contributed by atoms with Gasteiger partial charge in [0, 0.05) is 12.3 Å². The van der Waals surface area contributed by atoms with Crippen molar-refractivity contribution in [3.8, 4) is 0 Å². The Kier molecular flexibility index (Phi) is 4.51. The molecule has 104 valence electrons. The summed E-state index contributed by atoms with van der Waals surface area (Å²) in [7, 11) is 1.32. The van der Waals surface area contributed by atoms with Crippen molar-refractivity contribution in [1.29, 1.82) is 0 Å². The average Bonchev–Trinajstić information content (AvgIpc) is 3.10. The van der Waals surface area contributed by atoms with Gasteiger partial charge in [0.2, 0.25) is 5.91 Å². The Morgan fingerprint density at radius 1 is 1.53 bits per heavy atom. The van der Waals surface area contributed by atoms with E-state index in [-0.39, 0.29) is 25.0 Å². The summed E-state index contributed by atoms with van der Waals surface area (Å²) in [5.74, 6) is 0.658. The van der Waals surface area contributed by atoms with Crippen LogP contribution in [-0.2, 0) is 20.9 Å². The summed E-state index contributed by atoms with van der Waals surface area (Å²) >= 11 is 0. The molecule has 1 heterocycles. The molecule has 1 saturated carbocycles. The molecule has 0 bridgehead atoms. The van der Waals surface area contributed by atoms with Gasteiger partial charge in [-0.25, -0.2) is 0 Å². The molecule has 0 spiro atoms. The van der Waals surface area contributed by atoms with Gasteiger partial charge in [0.15, 0.2) is 5.82 Å². The minimum atomic E-state index is -0.382. The summed E-state index contributed by atoms with van der Waals surface area (Å²) in [4.78, 5) is 22.6. The summed E-state index contributed by atoms with van der Waals surface area (Å²) in [5, 5.41) is 9.81. The molecule has 1 amide bonds. The van der Waals surface area contributed by atoms with Gasteiger partial charge in [-0.2, -0.15) is 5.10 Å². The molecule has 1 aliphatic carbocycles. The van der Waals surface area contributed by atoms with Crippen molar-refractivity contribution in [1.82, 2.24) is 15.1 Å². The van der Waals surface area contributed by atoms with Gasteiger partial charge >= 0.3 is 5.97 Å². The predicted molar refractivity (Wildman–Crippen MR) is 68.5 cm³/mol. The maximum Gasteiger partial charge on any atom is 0.327 e. The molecule has 0 aromatic carbocycles. The Bertz CT molecular complexity index is 454. The SMILES string of the molecule is COC(=O)Cn1ccc(NC(=O)CNCC2CC2)n1. The number of hydrogen-bond acceptors (Lipinski definition) is 5. The maximum absolute atomic E-state index is 11.6.